The molecule has 0 unspecified atom stereocenters. The maximum Gasteiger partial charge on any atom is 0.223 e. The van der Waals surface area contributed by atoms with Gasteiger partial charge in [0.2, 0.25) is 5.91 Å². The number of benzene rings is 1. The fraction of sp³-hybridized carbons (Fsp3) is 0.538. The zero-order chi connectivity index (χ0) is 22.3. The highest BCUT2D eigenvalue weighted by molar-refractivity contribution is 5.78. The Labute approximate surface area is 191 Å². The van der Waals surface area contributed by atoms with Crippen LogP contribution in [0.2, 0.25) is 0 Å². The number of amides is 1. The molecule has 0 spiro atoms. The Hall–Kier alpha value is -2.44. The normalized spacial score (nSPS) is 20.2. The molecule has 32 heavy (non-hydrogen) atoms. The predicted octanol–water partition coefficient (Wildman–Crippen LogP) is 3.21. The van der Waals surface area contributed by atoms with Gasteiger partial charge in [-0.3, -0.25) is 9.78 Å². The number of carbonyl (C=O) groups excluding carboxylic acids is 1. The molecular formula is C26H36N4O2. The van der Waals surface area contributed by atoms with Crippen LogP contribution < -0.4 is 5.32 Å². The number of hydrogen-bond acceptors (Lipinski definition) is 5. The molecule has 1 atom stereocenters. The van der Waals surface area contributed by atoms with E-state index in [1.165, 1.54) is 18.4 Å². The molecule has 6 nitrogen and oxygen atoms in total. The number of nitrogens with zero attached hydrogens (tertiary/aromatic N) is 3. The van der Waals surface area contributed by atoms with Crippen molar-refractivity contribution in [1.29, 1.82) is 0 Å². The van der Waals surface area contributed by atoms with Crippen LogP contribution in [0.3, 0.4) is 0 Å². The van der Waals surface area contributed by atoms with E-state index in [1.807, 2.05) is 24.3 Å². The summed E-state index contributed by atoms with van der Waals surface area (Å²) >= 11 is 0. The van der Waals surface area contributed by atoms with E-state index in [1.54, 1.807) is 24.5 Å². The third-order valence-corrected chi connectivity index (χ3v) is 7.20. The number of rotatable bonds is 7. The molecule has 2 N–H and O–H groups in total. The van der Waals surface area contributed by atoms with Crippen LogP contribution in [-0.2, 0) is 17.8 Å². The fourth-order valence-electron chi connectivity index (χ4n) is 5.16. The van der Waals surface area contributed by atoms with E-state index in [0.717, 1.165) is 51.0 Å². The quantitative estimate of drug-likeness (QED) is 0.698. The van der Waals surface area contributed by atoms with Crippen molar-refractivity contribution in [2.45, 2.75) is 57.7 Å². The molecule has 4 rings (SSSR count). The van der Waals surface area contributed by atoms with Crippen LogP contribution in [0.4, 0.5) is 0 Å². The number of aromatic hydroxyl groups is 1. The number of hydrogen-bond donors (Lipinski definition) is 2. The second-order valence-electron chi connectivity index (χ2n) is 9.38. The monoisotopic (exact) mass is 436 g/mol. The number of phenols is 1. The molecule has 2 saturated heterocycles. The van der Waals surface area contributed by atoms with E-state index in [2.05, 4.69) is 27.0 Å². The first-order valence-corrected chi connectivity index (χ1v) is 12.0. The number of aromatic nitrogens is 1. The predicted molar refractivity (Wildman–Crippen MR) is 126 cm³/mol. The first-order valence-electron chi connectivity index (χ1n) is 12.0. The highest BCUT2D eigenvalue weighted by Crippen LogP contribution is 2.25. The molecule has 2 fully saturated rings. The number of likely N-dealkylation sites (tertiary alicyclic amines) is 2. The Morgan fingerprint density at radius 3 is 2.44 bits per heavy atom. The zero-order valence-electron chi connectivity index (χ0n) is 19.1. The summed E-state index contributed by atoms with van der Waals surface area (Å²) in [6.07, 6.45) is 8.90. The van der Waals surface area contributed by atoms with Crippen LogP contribution in [0.15, 0.2) is 48.8 Å². The van der Waals surface area contributed by atoms with Crippen molar-refractivity contribution >= 4 is 5.91 Å². The van der Waals surface area contributed by atoms with Gasteiger partial charge in [-0.2, -0.15) is 0 Å². The fourth-order valence-corrected chi connectivity index (χ4v) is 5.16. The van der Waals surface area contributed by atoms with Crippen LogP contribution in [0.25, 0.3) is 0 Å². The smallest absolute Gasteiger partial charge is 0.223 e. The number of piperidine rings is 2. The molecular weight excluding hydrogens is 400 g/mol. The van der Waals surface area contributed by atoms with Gasteiger partial charge in [-0.25, -0.2) is 0 Å². The first-order chi connectivity index (χ1) is 15.6. The van der Waals surface area contributed by atoms with E-state index < -0.39 is 0 Å². The van der Waals surface area contributed by atoms with Gasteiger partial charge in [0.1, 0.15) is 5.75 Å². The largest absolute Gasteiger partial charge is 0.508 e. The molecule has 3 heterocycles. The minimum atomic E-state index is 0.133. The zero-order valence-corrected chi connectivity index (χ0v) is 19.1. The highest BCUT2D eigenvalue weighted by Gasteiger charge is 2.31. The summed E-state index contributed by atoms with van der Waals surface area (Å²) in [5, 5.41) is 12.6. The van der Waals surface area contributed by atoms with Gasteiger partial charge >= 0.3 is 0 Å². The average Bonchev–Trinajstić information content (AvgIpc) is 2.85. The van der Waals surface area contributed by atoms with Crippen LogP contribution >= 0.6 is 0 Å². The maximum absolute atomic E-state index is 12.6. The van der Waals surface area contributed by atoms with Crippen LogP contribution in [-0.4, -0.2) is 64.1 Å². The number of phenolic OH excluding ortho intramolecular Hbond substituents is 1. The second-order valence-corrected chi connectivity index (χ2v) is 9.38. The standard InChI is InChI=1S/C26H36N4O2/c1-20(17-21-4-6-25(31)7-5-21)29-15-10-24(11-16-29)30-13-8-23(9-14-30)26(32)28-19-22-3-2-12-27-18-22/h2-7,12,18,20,23-24,31H,8-11,13-17,19H2,1H3,(H,28,32)/t20-/m1/s1. The van der Waals surface area contributed by atoms with Gasteiger partial charge in [-0.05, 0) is 94.5 Å². The van der Waals surface area contributed by atoms with E-state index >= 15 is 0 Å². The van der Waals surface area contributed by atoms with Crippen molar-refractivity contribution in [3.63, 3.8) is 0 Å². The average molecular weight is 437 g/mol. The molecule has 0 aliphatic carbocycles. The van der Waals surface area contributed by atoms with Crippen molar-refractivity contribution in [1.82, 2.24) is 20.1 Å². The minimum absolute atomic E-state index is 0.133. The number of pyridine rings is 1. The lowest BCUT2D eigenvalue weighted by molar-refractivity contribution is -0.126. The summed E-state index contributed by atoms with van der Waals surface area (Å²) < 4.78 is 0. The number of carbonyl (C=O) groups is 1. The Balaban J connectivity index is 1.16. The van der Waals surface area contributed by atoms with Crippen molar-refractivity contribution in [2.75, 3.05) is 26.2 Å². The lowest BCUT2D eigenvalue weighted by atomic mass is 9.92. The highest BCUT2D eigenvalue weighted by atomic mass is 16.3. The number of nitrogens with one attached hydrogen (secondary N) is 1. The van der Waals surface area contributed by atoms with Crippen molar-refractivity contribution < 1.29 is 9.90 Å². The van der Waals surface area contributed by atoms with E-state index in [0.29, 0.717) is 24.4 Å². The van der Waals surface area contributed by atoms with E-state index in [-0.39, 0.29) is 11.8 Å². The molecule has 1 aromatic carbocycles. The van der Waals surface area contributed by atoms with Crippen LogP contribution in [0.5, 0.6) is 5.75 Å². The molecule has 6 heteroatoms. The summed E-state index contributed by atoms with van der Waals surface area (Å²) in [6, 6.07) is 12.6. The van der Waals surface area contributed by atoms with Gasteiger partial charge in [-0.15, -0.1) is 0 Å². The lowest BCUT2D eigenvalue weighted by Crippen LogP contribution is -2.50. The summed E-state index contributed by atoms with van der Waals surface area (Å²) in [5.74, 6) is 0.650. The molecule has 2 aromatic rings. The first kappa shape index (κ1) is 22.7. The van der Waals surface area contributed by atoms with Crippen molar-refractivity contribution in [3.05, 3.63) is 59.9 Å². The second kappa shape index (κ2) is 10.9. The molecule has 0 saturated carbocycles. The maximum atomic E-state index is 12.6. The minimum Gasteiger partial charge on any atom is -0.508 e. The molecule has 0 bridgehead atoms. The molecule has 2 aliphatic heterocycles. The Morgan fingerprint density at radius 1 is 1.06 bits per heavy atom. The summed E-state index contributed by atoms with van der Waals surface area (Å²) in [6.45, 7) is 7.19. The van der Waals surface area contributed by atoms with Gasteiger partial charge in [0.15, 0.2) is 0 Å². The van der Waals surface area contributed by atoms with Crippen molar-refractivity contribution in [3.8, 4) is 5.75 Å². The summed E-state index contributed by atoms with van der Waals surface area (Å²) in [4.78, 5) is 21.9. The molecule has 172 valence electrons. The van der Waals surface area contributed by atoms with Gasteiger partial charge in [-0.1, -0.05) is 18.2 Å². The Morgan fingerprint density at radius 2 is 1.78 bits per heavy atom. The van der Waals surface area contributed by atoms with E-state index in [9.17, 15) is 9.90 Å². The summed E-state index contributed by atoms with van der Waals surface area (Å²) in [5.41, 5.74) is 2.32. The third kappa shape index (κ3) is 6.08. The topological polar surface area (TPSA) is 68.7 Å². The Kier molecular flexibility index (Phi) is 7.76. The van der Waals surface area contributed by atoms with Gasteiger partial charge < -0.3 is 20.2 Å². The van der Waals surface area contributed by atoms with E-state index in [4.69, 9.17) is 0 Å². The van der Waals surface area contributed by atoms with Crippen LogP contribution in [0.1, 0.15) is 43.7 Å². The summed E-state index contributed by atoms with van der Waals surface area (Å²) in [7, 11) is 0. The molecule has 0 radical (unpaired) electrons. The third-order valence-electron chi connectivity index (χ3n) is 7.20. The molecule has 1 amide bonds. The van der Waals surface area contributed by atoms with Gasteiger partial charge in [0.05, 0.1) is 0 Å². The SMILES string of the molecule is C[C@H](Cc1ccc(O)cc1)N1CCC(N2CCC(C(=O)NCc3cccnc3)CC2)CC1. The Bertz CT molecular complexity index is 842. The van der Waals surface area contributed by atoms with Crippen LogP contribution in [0, 0.1) is 5.92 Å². The van der Waals surface area contributed by atoms with Crippen molar-refractivity contribution in [2.24, 2.45) is 5.92 Å². The molecule has 1 aromatic heterocycles. The van der Waals surface area contributed by atoms with Gasteiger partial charge in [0, 0.05) is 36.9 Å². The molecule has 2 aliphatic rings. The van der Waals surface area contributed by atoms with Gasteiger partial charge in [0.25, 0.3) is 0 Å². The lowest BCUT2D eigenvalue weighted by Gasteiger charge is -2.43.